The Hall–Kier alpha value is -2.71. The van der Waals surface area contributed by atoms with Gasteiger partial charge in [-0.25, -0.2) is 18.8 Å². The second-order valence-corrected chi connectivity index (χ2v) is 6.04. The maximum atomic E-state index is 14.0. The predicted octanol–water partition coefficient (Wildman–Crippen LogP) is 1.38. The van der Waals surface area contributed by atoms with Crippen LogP contribution in [-0.4, -0.2) is 58.3 Å². The highest BCUT2D eigenvalue weighted by molar-refractivity contribution is 5.80. The summed E-state index contributed by atoms with van der Waals surface area (Å²) in [5.74, 6) is 0.737. The van der Waals surface area contributed by atoms with Gasteiger partial charge in [0.2, 0.25) is 0 Å². The van der Waals surface area contributed by atoms with Crippen molar-refractivity contribution >= 4 is 11.6 Å². The summed E-state index contributed by atoms with van der Waals surface area (Å²) in [6.07, 6.45) is 1.50. The molecule has 1 saturated heterocycles. The molecule has 0 bridgehead atoms. The van der Waals surface area contributed by atoms with E-state index in [0.717, 1.165) is 24.4 Å². The number of rotatable bonds is 4. The van der Waals surface area contributed by atoms with Crippen molar-refractivity contribution in [2.45, 2.75) is 13.5 Å². The topological polar surface area (TPSA) is 61.6 Å². The molecule has 2 heterocycles. The minimum atomic E-state index is -0.428. The summed E-state index contributed by atoms with van der Waals surface area (Å²) in [5.41, 5.74) is 0.311. The number of anilines is 1. The van der Waals surface area contributed by atoms with E-state index in [0.29, 0.717) is 38.4 Å². The van der Waals surface area contributed by atoms with Crippen LogP contribution in [0.1, 0.15) is 12.7 Å². The number of hydrogen-bond acceptors (Lipinski definition) is 4. The summed E-state index contributed by atoms with van der Waals surface area (Å²) < 4.78 is 29.1. The lowest BCUT2D eigenvalue weighted by molar-refractivity contribution is 0.370. The summed E-state index contributed by atoms with van der Waals surface area (Å²) >= 11 is 0. The molecule has 9 heteroatoms. The van der Waals surface area contributed by atoms with E-state index in [1.54, 1.807) is 4.68 Å². The fraction of sp³-hybridized carbons (Fsp3) is 0.471. The Kier molecular flexibility index (Phi) is 5.65. The van der Waals surface area contributed by atoms with Crippen LogP contribution in [0.3, 0.4) is 0 Å². The van der Waals surface area contributed by atoms with Crippen LogP contribution < -0.4 is 10.2 Å². The third-order valence-electron chi connectivity index (χ3n) is 4.34. The highest BCUT2D eigenvalue weighted by Crippen LogP contribution is 2.21. The van der Waals surface area contributed by atoms with Gasteiger partial charge in [0.15, 0.2) is 5.96 Å². The first-order valence-electron chi connectivity index (χ1n) is 8.64. The number of piperazine rings is 1. The van der Waals surface area contributed by atoms with Gasteiger partial charge in [-0.05, 0) is 19.1 Å². The van der Waals surface area contributed by atoms with Gasteiger partial charge in [-0.3, -0.25) is 4.68 Å². The lowest BCUT2D eigenvalue weighted by Crippen LogP contribution is -2.52. The molecule has 2 aromatic rings. The summed E-state index contributed by atoms with van der Waals surface area (Å²) in [6.45, 7) is 5.70. The zero-order chi connectivity index (χ0) is 18.5. The molecule has 1 aliphatic heterocycles. The molecule has 0 radical (unpaired) electrons. The van der Waals surface area contributed by atoms with Crippen molar-refractivity contribution in [1.29, 1.82) is 0 Å². The molecule has 1 aromatic heterocycles. The van der Waals surface area contributed by atoms with Crippen LogP contribution in [0, 0.1) is 11.6 Å². The molecule has 1 aliphatic rings. The number of guanidine groups is 1. The van der Waals surface area contributed by atoms with Crippen molar-refractivity contribution in [3.8, 4) is 0 Å². The first-order chi connectivity index (χ1) is 12.6. The van der Waals surface area contributed by atoms with E-state index in [9.17, 15) is 8.78 Å². The van der Waals surface area contributed by atoms with Crippen LogP contribution in [0.15, 0.2) is 29.5 Å². The van der Waals surface area contributed by atoms with E-state index >= 15 is 0 Å². The number of aliphatic imine (C=N–C) groups is 1. The van der Waals surface area contributed by atoms with E-state index < -0.39 is 11.6 Å². The van der Waals surface area contributed by atoms with Crippen LogP contribution >= 0.6 is 0 Å². The van der Waals surface area contributed by atoms with Crippen LogP contribution in [0.25, 0.3) is 0 Å². The Morgan fingerprint density at radius 3 is 2.65 bits per heavy atom. The van der Waals surface area contributed by atoms with Gasteiger partial charge < -0.3 is 15.1 Å². The van der Waals surface area contributed by atoms with Crippen LogP contribution in [0.5, 0.6) is 0 Å². The van der Waals surface area contributed by atoms with E-state index in [4.69, 9.17) is 0 Å². The molecule has 0 unspecified atom stereocenters. The molecule has 0 atom stereocenters. The van der Waals surface area contributed by atoms with Gasteiger partial charge in [-0.1, -0.05) is 0 Å². The Morgan fingerprint density at radius 1 is 1.23 bits per heavy atom. The summed E-state index contributed by atoms with van der Waals surface area (Å²) in [5, 5.41) is 7.32. The molecular formula is C17H23F2N7. The normalized spacial score (nSPS) is 15.5. The molecule has 26 heavy (non-hydrogen) atoms. The number of aromatic nitrogens is 3. The Morgan fingerprint density at radius 2 is 2.00 bits per heavy atom. The average Bonchev–Trinajstić information content (AvgIpc) is 3.06. The van der Waals surface area contributed by atoms with Crippen molar-refractivity contribution in [3.05, 3.63) is 42.0 Å². The molecule has 7 nitrogen and oxygen atoms in total. The molecule has 0 amide bonds. The van der Waals surface area contributed by atoms with Crippen molar-refractivity contribution in [2.75, 3.05) is 37.6 Å². The number of hydrogen-bond donors (Lipinski definition) is 1. The minimum absolute atomic E-state index is 0.311. The largest absolute Gasteiger partial charge is 0.366 e. The summed E-state index contributed by atoms with van der Waals surface area (Å²) in [7, 11) is 1.83. The maximum Gasteiger partial charge on any atom is 0.194 e. The Bertz CT molecular complexity index is 766. The van der Waals surface area contributed by atoms with Gasteiger partial charge >= 0.3 is 0 Å². The lowest BCUT2D eigenvalue weighted by atomic mass is 10.2. The molecule has 3 rings (SSSR count). The Labute approximate surface area is 151 Å². The molecule has 1 aromatic carbocycles. The van der Waals surface area contributed by atoms with Gasteiger partial charge in [-0.2, -0.15) is 5.10 Å². The lowest BCUT2D eigenvalue weighted by Gasteiger charge is -2.37. The summed E-state index contributed by atoms with van der Waals surface area (Å²) in [4.78, 5) is 12.8. The van der Waals surface area contributed by atoms with Crippen LogP contribution in [0.2, 0.25) is 0 Å². The highest BCUT2D eigenvalue weighted by atomic mass is 19.1. The number of benzene rings is 1. The van der Waals surface area contributed by atoms with Gasteiger partial charge in [0, 0.05) is 45.8 Å². The molecular weight excluding hydrogens is 340 g/mol. The zero-order valence-corrected chi connectivity index (χ0v) is 15.0. The number of aryl methyl sites for hydroxylation is 1. The van der Waals surface area contributed by atoms with E-state index in [-0.39, 0.29) is 0 Å². The van der Waals surface area contributed by atoms with E-state index in [1.807, 2.05) is 18.9 Å². The molecule has 1 fully saturated rings. The quantitative estimate of drug-likeness (QED) is 0.657. The van der Waals surface area contributed by atoms with Crippen molar-refractivity contribution in [3.63, 3.8) is 0 Å². The first-order valence-corrected chi connectivity index (χ1v) is 8.64. The van der Waals surface area contributed by atoms with E-state index in [2.05, 4.69) is 25.3 Å². The van der Waals surface area contributed by atoms with Crippen LogP contribution in [-0.2, 0) is 13.6 Å². The fourth-order valence-electron chi connectivity index (χ4n) is 2.92. The van der Waals surface area contributed by atoms with E-state index in [1.165, 1.54) is 18.5 Å². The van der Waals surface area contributed by atoms with Crippen LogP contribution in [0.4, 0.5) is 14.5 Å². The molecule has 140 valence electrons. The third kappa shape index (κ3) is 4.09. The molecule has 0 saturated carbocycles. The van der Waals surface area contributed by atoms with Gasteiger partial charge in [0.1, 0.15) is 30.3 Å². The van der Waals surface area contributed by atoms with Crippen molar-refractivity contribution < 1.29 is 8.78 Å². The number of nitrogens with one attached hydrogen (secondary N) is 1. The SMILES string of the molecule is CCNC(=NCc1ncnn1C)N1CCN(c2cc(F)ccc2F)CC1. The minimum Gasteiger partial charge on any atom is -0.366 e. The van der Waals surface area contributed by atoms with Crippen molar-refractivity contribution in [2.24, 2.45) is 12.0 Å². The highest BCUT2D eigenvalue weighted by Gasteiger charge is 2.22. The number of nitrogens with zero attached hydrogens (tertiary/aromatic N) is 6. The second-order valence-electron chi connectivity index (χ2n) is 6.04. The zero-order valence-electron chi connectivity index (χ0n) is 15.0. The average molecular weight is 363 g/mol. The standard InChI is InChI=1S/C17H23F2N7/c1-3-20-17(21-11-16-22-12-23-24(16)2)26-8-6-25(7-9-26)15-10-13(18)4-5-14(15)19/h4-5,10,12H,3,6-9,11H2,1-2H3,(H,20,21). The molecule has 1 N–H and O–H groups in total. The van der Waals surface area contributed by atoms with Gasteiger partial charge in [0.05, 0.1) is 5.69 Å². The molecule has 0 spiro atoms. The first kappa shape index (κ1) is 18.1. The summed E-state index contributed by atoms with van der Waals surface area (Å²) in [6, 6.07) is 3.55. The third-order valence-corrected chi connectivity index (χ3v) is 4.34. The number of halogens is 2. The predicted molar refractivity (Wildman–Crippen MR) is 96.0 cm³/mol. The smallest absolute Gasteiger partial charge is 0.194 e. The monoisotopic (exact) mass is 363 g/mol. The second kappa shape index (κ2) is 8.11. The Balaban J connectivity index is 1.66. The van der Waals surface area contributed by atoms with Gasteiger partial charge in [-0.15, -0.1) is 0 Å². The molecule has 0 aliphatic carbocycles. The van der Waals surface area contributed by atoms with Gasteiger partial charge in [0.25, 0.3) is 0 Å². The maximum absolute atomic E-state index is 14.0. The van der Waals surface area contributed by atoms with Crippen molar-refractivity contribution in [1.82, 2.24) is 25.0 Å². The fourth-order valence-corrected chi connectivity index (χ4v) is 2.92.